The van der Waals surface area contributed by atoms with Crippen LogP contribution in [0.1, 0.15) is 19.4 Å². The van der Waals surface area contributed by atoms with E-state index < -0.39 is 0 Å². The summed E-state index contributed by atoms with van der Waals surface area (Å²) in [5.41, 5.74) is 1.15. The Kier molecular flexibility index (Phi) is 3.18. The van der Waals surface area contributed by atoms with Crippen LogP contribution in [0, 0.1) is 5.92 Å². The lowest BCUT2D eigenvalue weighted by molar-refractivity contribution is 0.393. The Hall–Kier alpha value is -1.18. The molecule has 0 aliphatic rings. The molecule has 0 bridgehead atoms. The third-order valence-corrected chi connectivity index (χ3v) is 1.93. The molecule has 0 fully saturated rings. The highest BCUT2D eigenvalue weighted by Crippen LogP contribution is 2.26. The summed E-state index contributed by atoms with van der Waals surface area (Å²) in [6.45, 7) is 4.13. The zero-order valence-electron chi connectivity index (χ0n) is 8.55. The van der Waals surface area contributed by atoms with E-state index in [4.69, 9.17) is 9.47 Å². The molecule has 0 aromatic heterocycles. The molecule has 0 atom stereocenters. The molecule has 0 saturated heterocycles. The van der Waals surface area contributed by atoms with Gasteiger partial charge in [0, 0.05) is 6.07 Å². The Morgan fingerprint density at radius 2 is 1.38 bits per heavy atom. The van der Waals surface area contributed by atoms with Gasteiger partial charge in [-0.15, -0.1) is 0 Å². The van der Waals surface area contributed by atoms with Gasteiger partial charge in [0.05, 0.1) is 14.2 Å². The molecule has 0 amide bonds. The lowest BCUT2D eigenvalue weighted by Gasteiger charge is -2.10. The Bertz CT molecular complexity index is 257. The molecule has 2 nitrogen and oxygen atoms in total. The van der Waals surface area contributed by atoms with E-state index in [1.54, 1.807) is 14.2 Å². The minimum atomic E-state index is 0.829. The number of hydrogen-bond acceptors (Lipinski definition) is 2. The van der Waals surface area contributed by atoms with Crippen LogP contribution in [0.4, 0.5) is 0 Å². The van der Waals surface area contributed by atoms with E-state index >= 15 is 0 Å². The average molecular weight is 179 g/mol. The SMILES string of the molecule is COc1cc(OC)cc([C](C)C)c1. The Labute approximate surface area is 79.5 Å². The van der Waals surface area contributed by atoms with E-state index in [1.807, 2.05) is 18.2 Å². The van der Waals surface area contributed by atoms with Gasteiger partial charge in [-0.3, -0.25) is 0 Å². The normalized spacial score (nSPS) is 10.2. The zero-order chi connectivity index (χ0) is 9.84. The van der Waals surface area contributed by atoms with Gasteiger partial charge >= 0.3 is 0 Å². The van der Waals surface area contributed by atoms with Gasteiger partial charge in [-0.1, -0.05) is 13.8 Å². The summed E-state index contributed by atoms with van der Waals surface area (Å²) in [5.74, 6) is 2.91. The van der Waals surface area contributed by atoms with Crippen molar-refractivity contribution in [2.45, 2.75) is 13.8 Å². The molecule has 0 spiro atoms. The van der Waals surface area contributed by atoms with Crippen molar-refractivity contribution in [1.29, 1.82) is 0 Å². The van der Waals surface area contributed by atoms with Crippen LogP contribution in [-0.4, -0.2) is 14.2 Å². The molecule has 0 aliphatic carbocycles. The second-order valence-corrected chi connectivity index (χ2v) is 3.10. The molecule has 0 aliphatic heterocycles. The second-order valence-electron chi connectivity index (χ2n) is 3.10. The fourth-order valence-electron chi connectivity index (χ4n) is 1.10. The standard InChI is InChI=1S/C11H15O2/c1-8(2)9-5-10(12-3)7-11(6-9)13-4/h5-7H,1-4H3. The summed E-state index contributed by atoms with van der Waals surface area (Å²) in [5, 5.41) is 0. The summed E-state index contributed by atoms with van der Waals surface area (Å²) in [6.07, 6.45) is 0. The summed E-state index contributed by atoms with van der Waals surface area (Å²) in [4.78, 5) is 0. The van der Waals surface area contributed by atoms with Crippen molar-refractivity contribution < 1.29 is 9.47 Å². The molecule has 1 rings (SSSR count). The number of hydrogen-bond donors (Lipinski definition) is 0. The molecule has 71 valence electrons. The van der Waals surface area contributed by atoms with Crippen molar-refractivity contribution in [3.8, 4) is 11.5 Å². The van der Waals surface area contributed by atoms with E-state index in [0.717, 1.165) is 17.1 Å². The van der Waals surface area contributed by atoms with Gasteiger partial charge in [-0.2, -0.15) is 0 Å². The van der Waals surface area contributed by atoms with Crippen molar-refractivity contribution in [2.75, 3.05) is 14.2 Å². The Balaban J connectivity index is 3.07. The highest BCUT2D eigenvalue weighted by molar-refractivity contribution is 5.43. The summed E-state index contributed by atoms with van der Waals surface area (Å²) in [7, 11) is 3.31. The van der Waals surface area contributed by atoms with Crippen LogP contribution in [0.5, 0.6) is 11.5 Å². The first-order valence-corrected chi connectivity index (χ1v) is 4.21. The molecule has 1 radical (unpaired) electrons. The predicted molar refractivity (Wildman–Crippen MR) is 53.2 cm³/mol. The minimum Gasteiger partial charge on any atom is -0.497 e. The topological polar surface area (TPSA) is 18.5 Å². The van der Waals surface area contributed by atoms with Crippen LogP contribution < -0.4 is 9.47 Å². The number of ether oxygens (including phenoxy) is 2. The fraction of sp³-hybridized carbons (Fsp3) is 0.364. The third kappa shape index (κ3) is 2.38. The van der Waals surface area contributed by atoms with Crippen LogP contribution >= 0.6 is 0 Å². The molecule has 0 unspecified atom stereocenters. The molecular weight excluding hydrogens is 164 g/mol. The highest BCUT2D eigenvalue weighted by Gasteiger charge is 2.04. The van der Waals surface area contributed by atoms with E-state index in [0.29, 0.717) is 0 Å². The van der Waals surface area contributed by atoms with E-state index in [2.05, 4.69) is 13.8 Å². The van der Waals surface area contributed by atoms with E-state index in [1.165, 1.54) is 5.92 Å². The van der Waals surface area contributed by atoms with Crippen LogP contribution in [0.2, 0.25) is 0 Å². The van der Waals surface area contributed by atoms with Gasteiger partial charge in [-0.25, -0.2) is 0 Å². The minimum absolute atomic E-state index is 0.829. The summed E-state index contributed by atoms with van der Waals surface area (Å²) >= 11 is 0. The summed E-state index contributed by atoms with van der Waals surface area (Å²) in [6, 6.07) is 5.86. The highest BCUT2D eigenvalue weighted by atomic mass is 16.5. The first kappa shape index (κ1) is 9.90. The fourth-order valence-corrected chi connectivity index (χ4v) is 1.10. The average Bonchev–Trinajstić information content (AvgIpc) is 2.16. The van der Waals surface area contributed by atoms with Crippen molar-refractivity contribution in [3.63, 3.8) is 0 Å². The lowest BCUT2D eigenvalue weighted by Crippen LogP contribution is -1.93. The molecule has 0 N–H and O–H groups in total. The Morgan fingerprint density at radius 3 is 1.69 bits per heavy atom. The molecule has 0 saturated carbocycles. The van der Waals surface area contributed by atoms with Gasteiger partial charge in [0.15, 0.2) is 0 Å². The van der Waals surface area contributed by atoms with Gasteiger partial charge in [0.25, 0.3) is 0 Å². The number of benzene rings is 1. The van der Waals surface area contributed by atoms with Crippen molar-refractivity contribution in [2.24, 2.45) is 0 Å². The largest absolute Gasteiger partial charge is 0.497 e. The monoisotopic (exact) mass is 179 g/mol. The van der Waals surface area contributed by atoms with Gasteiger partial charge in [-0.05, 0) is 23.6 Å². The van der Waals surface area contributed by atoms with Gasteiger partial charge < -0.3 is 9.47 Å². The van der Waals surface area contributed by atoms with Crippen molar-refractivity contribution in [3.05, 3.63) is 29.7 Å². The molecule has 13 heavy (non-hydrogen) atoms. The summed E-state index contributed by atoms with van der Waals surface area (Å²) < 4.78 is 10.3. The van der Waals surface area contributed by atoms with Crippen LogP contribution in [-0.2, 0) is 0 Å². The maximum Gasteiger partial charge on any atom is 0.122 e. The molecule has 0 heterocycles. The van der Waals surface area contributed by atoms with Crippen molar-refractivity contribution >= 4 is 0 Å². The van der Waals surface area contributed by atoms with Gasteiger partial charge in [0.2, 0.25) is 0 Å². The number of rotatable bonds is 3. The molecular formula is C11H15O2. The van der Waals surface area contributed by atoms with E-state index in [-0.39, 0.29) is 0 Å². The maximum absolute atomic E-state index is 5.15. The van der Waals surface area contributed by atoms with E-state index in [9.17, 15) is 0 Å². The smallest absolute Gasteiger partial charge is 0.122 e. The molecule has 2 heteroatoms. The predicted octanol–water partition coefficient (Wildman–Crippen LogP) is 2.67. The van der Waals surface area contributed by atoms with Crippen molar-refractivity contribution in [1.82, 2.24) is 0 Å². The zero-order valence-corrected chi connectivity index (χ0v) is 8.55. The van der Waals surface area contributed by atoms with Crippen LogP contribution in [0.3, 0.4) is 0 Å². The first-order chi connectivity index (χ1) is 6.17. The maximum atomic E-state index is 5.15. The van der Waals surface area contributed by atoms with Crippen LogP contribution in [0.15, 0.2) is 18.2 Å². The second kappa shape index (κ2) is 4.17. The first-order valence-electron chi connectivity index (χ1n) is 4.21. The molecule has 1 aromatic rings. The third-order valence-electron chi connectivity index (χ3n) is 1.93. The quantitative estimate of drug-likeness (QED) is 0.710. The lowest BCUT2D eigenvalue weighted by atomic mass is 10.0. The Morgan fingerprint density at radius 1 is 0.923 bits per heavy atom. The molecule has 1 aromatic carbocycles. The number of methoxy groups -OCH3 is 2. The van der Waals surface area contributed by atoms with Gasteiger partial charge in [0.1, 0.15) is 11.5 Å². The van der Waals surface area contributed by atoms with Crippen LogP contribution in [0.25, 0.3) is 0 Å².